The van der Waals surface area contributed by atoms with Gasteiger partial charge in [0.25, 0.3) is 0 Å². The molecule has 11 rings (SSSR count). The van der Waals surface area contributed by atoms with Crippen LogP contribution in [-0.4, -0.2) is 0 Å². The van der Waals surface area contributed by atoms with Gasteiger partial charge in [-0.25, -0.2) is 0 Å². The first-order valence-corrected chi connectivity index (χ1v) is 20.2. The fourth-order valence-corrected chi connectivity index (χ4v) is 11.2. The maximum Gasteiger partial charge on any atom is 0.0640 e. The first kappa shape index (κ1) is 31.5. The number of thiophene rings is 2. The van der Waals surface area contributed by atoms with Crippen LogP contribution in [0.3, 0.4) is 0 Å². The molecule has 256 valence electrons. The Bertz CT molecular complexity index is 3090. The van der Waals surface area contributed by atoms with Crippen LogP contribution in [0.5, 0.6) is 0 Å². The molecule has 54 heavy (non-hydrogen) atoms. The Hall–Kier alpha value is -6.00. The standard InChI is InChI=1S/C51H35NS2/c1-51(2)42-22-8-6-19-38(42)39-26-25-37(31-43(39)51)52(36-18-11-17-35(30-36)34-16-10-15-33(29-34)32-13-4-3-5-14-32)44-23-12-21-41-49-47(54-50(41)44)28-27-46-48(49)40-20-7-9-24-45(40)53-46/h3-31H,1-2H3. The summed E-state index contributed by atoms with van der Waals surface area (Å²) in [5.41, 5.74) is 13.7. The van der Waals surface area contributed by atoms with Crippen LogP contribution in [-0.2, 0) is 5.41 Å². The molecule has 1 aliphatic carbocycles. The van der Waals surface area contributed by atoms with Gasteiger partial charge in [-0.3, -0.25) is 0 Å². The summed E-state index contributed by atoms with van der Waals surface area (Å²) in [6.07, 6.45) is 0. The molecule has 0 fully saturated rings. The smallest absolute Gasteiger partial charge is 0.0640 e. The van der Waals surface area contributed by atoms with Crippen molar-refractivity contribution in [3.63, 3.8) is 0 Å². The molecule has 0 radical (unpaired) electrons. The number of benzene rings is 8. The van der Waals surface area contributed by atoms with Crippen molar-refractivity contribution in [2.75, 3.05) is 4.90 Å². The number of rotatable bonds is 5. The zero-order valence-electron chi connectivity index (χ0n) is 30.0. The van der Waals surface area contributed by atoms with E-state index in [1.54, 1.807) is 0 Å². The first-order chi connectivity index (χ1) is 26.5. The van der Waals surface area contributed by atoms with Gasteiger partial charge < -0.3 is 4.90 Å². The van der Waals surface area contributed by atoms with E-state index >= 15 is 0 Å². The molecule has 0 bridgehead atoms. The van der Waals surface area contributed by atoms with E-state index in [1.807, 2.05) is 22.7 Å². The summed E-state index contributed by atoms with van der Waals surface area (Å²) in [4.78, 5) is 2.50. The van der Waals surface area contributed by atoms with Crippen LogP contribution in [0.4, 0.5) is 17.1 Å². The summed E-state index contributed by atoms with van der Waals surface area (Å²) in [7, 11) is 0. The molecule has 1 nitrogen and oxygen atoms in total. The highest BCUT2D eigenvalue weighted by molar-refractivity contribution is 7.28. The number of fused-ring (bicyclic) bond motifs is 10. The minimum atomic E-state index is -0.109. The Morgan fingerprint density at radius 1 is 0.407 bits per heavy atom. The Labute approximate surface area is 323 Å². The van der Waals surface area contributed by atoms with E-state index in [2.05, 4.69) is 195 Å². The maximum atomic E-state index is 2.50. The first-order valence-electron chi connectivity index (χ1n) is 18.6. The zero-order chi connectivity index (χ0) is 36.0. The molecule has 8 aromatic carbocycles. The largest absolute Gasteiger partial charge is 0.309 e. The summed E-state index contributed by atoms with van der Waals surface area (Å²) in [5.74, 6) is 0. The second kappa shape index (κ2) is 12.0. The van der Waals surface area contributed by atoms with Crippen LogP contribution in [0.1, 0.15) is 25.0 Å². The third-order valence-electron chi connectivity index (χ3n) is 11.5. The van der Waals surface area contributed by atoms with Crippen LogP contribution in [0.15, 0.2) is 176 Å². The Kier molecular flexibility index (Phi) is 7.01. The van der Waals surface area contributed by atoms with Crippen LogP contribution in [0, 0.1) is 0 Å². The van der Waals surface area contributed by atoms with Gasteiger partial charge in [0.15, 0.2) is 0 Å². The van der Waals surface area contributed by atoms with Crippen molar-refractivity contribution in [1.82, 2.24) is 0 Å². The van der Waals surface area contributed by atoms with Gasteiger partial charge in [-0.15, -0.1) is 22.7 Å². The van der Waals surface area contributed by atoms with Crippen molar-refractivity contribution in [1.29, 1.82) is 0 Å². The van der Waals surface area contributed by atoms with E-state index in [0.717, 1.165) is 5.69 Å². The minimum absolute atomic E-state index is 0.109. The van der Waals surface area contributed by atoms with Crippen molar-refractivity contribution in [2.45, 2.75) is 19.3 Å². The van der Waals surface area contributed by atoms with E-state index in [0.29, 0.717) is 0 Å². The molecule has 0 spiro atoms. The van der Waals surface area contributed by atoms with Crippen molar-refractivity contribution >= 4 is 80.1 Å². The second-order valence-electron chi connectivity index (χ2n) is 14.9. The Balaban J connectivity index is 1.14. The number of hydrogen-bond donors (Lipinski definition) is 0. The van der Waals surface area contributed by atoms with Gasteiger partial charge in [-0.1, -0.05) is 135 Å². The quantitative estimate of drug-likeness (QED) is 0.171. The molecule has 3 heteroatoms. The predicted octanol–water partition coefficient (Wildman–Crippen LogP) is 15.5. The Morgan fingerprint density at radius 2 is 1.02 bits per heavy atom. The zero-order valence-corrected chi connectivity index (χ0v) is 31.6. The average Bonchev–Trinajstić information content (AvgIpc) is 3.86. The summed E-state index contributed by atoms with van der Waals surface area (Å²) in [5, 5.41) is 5.40. The van der Waals surface area contributed by atoms with E-state index < -0.39 is 0 Å². The number of hydrogen-bond acceptors (Lipinski definition) is 3. The lowest BCUT2D eigenvalue weighted by molar-refractivity contribution is 0.660. The van der Waals surface area contributed by atoms with E-state index in [-0.39, 0.29) is 5.41 Å². The molecule has 0 amide bonds. The van der Waals surface area contributed by atoms with E-state index in [9.17, 15) is 0 Å². The molecular formula is C51H35NS2. The van der Waals surface area contributed by atoms with Crippen molar-refractivity contribution in [3.8, 4) is 33.4 Å². The fraction of sp³-hybridized carbons (Fsp3) is 0.0588. The predicted molar refractivity (Wildman–Crippen MR) is 235 cm³/mol. The van der Waals surface area contributed by atoms with E-state index in [4.69, 9.17) is 0 Å². The molecule has 0 saturated heterocycles. The van der Waals surface area contributed by atoms with Gasteiger partial charge in [-0.05, 0) is 99.1 Å². The second-order valence-corrected chi connectivity index (χ2v) is 17.0. The highest BCUT2D eigenvalue weighted by atomic mass is 32.1. The normalized spacial score (nSPS) is 13.1. The average molecular weight is 726 g/mol. The Morgan fingerprint density at radius 3 is 1.89 bits per heavy atom. The fourth-order valence-electron chi connectivity index (χ4n) is 8.86. The van der Waals surface area contributed by atoms with Crippen molar-refractivity contribution in [2.24, 2.45) is 0 Å². The SMILES string of the molecule is CC1(C)c2ccccc2-c2ccc(N(c3cccc(-c4cccc(-c5ccccc5)c4)c3)c3cccc4c3sc3ccc5sc6ccccc6c5c34)cc21. The topological polar surface area (TPSA) is 3.24 Å². The highest BCUT2D eigenvalue weighted by Crippen LogP contribution is 2.53. The highest BCUT2D eigenvalue weighted by Gasteiger charge is 2.36. The molecular weight excluding hydrogens is 691 g/mol. The van der Waals surface area contributed by atoms with Gasteiger partial charge in [0.2, 0.25) is 0 Å². The van der Waals surface area contributed by atoms with Crippen molar-refractivity contribution < 1.29 is 0 Å². The molecule has 10 aromatic rings. The summed E-state index contributed by atoms with van der Waals surface area (Å²) in [6.45, 7) is 4.74. The summed E-state index contributed by atoms with van der Waals surface area (Å²) >= 11 is 3.80. The molecule has 0 N–H and O–H groups in total. The van der Waals surface area contributed by atoms with Gasteiger partial charge in [0.1, 0.15) is 0 Å². The van der Waals surface area contributed by atoms with Gasteiger partial charge in [0, 0.05) is 52.4 Å². The molecule has 0 atom stereocenters. The number of anilines is 3. The molecule has 1 aliphatic rings. The van der Waals surface area contributed by atoms with Gasteiger partial charge in [-0.2, -0.15) is 0 Å². The lowest BCUT2D eigenvalue weighted by atomic mass is 9.82. The van der Waals surface area contributed by atoms with Gasteiger partial charge in [0.05, 0.1) is 10.4 Å². The van der Waals surface area contributed by atoms with Crippen LogP contribution < -0.4 is 4.90 Å². The molecule has 0 saturated carbocycles. The third kappa shape index (κ3) is 4.75. The van der Waals surface area contributed by atoms with Gasteiger partial charge >= 0.3 is 0 Å². The van der Waals surface area contributed by atoms with Crippen LogP contribution in [0.2, 0.25) is 0 Å². The molecule has 2 aromatic heterocycles. The lowest BCUT2D eigenvalue weighted by Gasteiger charge is -2.29. The summed E-state index contributed by atoms with van der Waals surface area (Å²) < 4.78 is 5.31. The summed E-state index contributed by atoms with van der Waals surface area (Å²) in [6, 6.07) is 65.2. The molecule has 2 heterocycles. The third-order valence-corrected chi connectivity index (χ3v) is 13.8. The molecule has 0 unspecified atom stereocenters. The lowest BCUT2D eigenvalue weighted by Crippen LogP contribution is -2.16. The maximum absolute atomic E-state index is 2.50. The van der Waals surface area contributed by atoms with Crippen LogP contribution in [0.25, 0.3) is 73.7 Å². The minimum Gasteiger partial charge on any atom is -0.309 e. The van der Waals surface area contributed by atoms with E-state index in [1.165, 1.54) is 96.2 Å². The van der Waals surface area contributed by atoms with Crippen LogP contribution >= 0.6 is 22.7 Å². The number of nitrogens with zero attached hydrogens (tertiary/aromatic N) is 1. The monoisotopic (exact) mass is 725 g/mol. The molecule has 0 aliphatic heterocycles. The van der Waals surface area contributed by atoms with Crippen molar-refractivity contribution in [3.05, 3.63) is 187 Å².